The highest BCUT2D eigenvalue weighted by Crippen LogP contribution is 2.20. The SMILES string of the molecule is Cc1nn(CC(C)C)c(Cl)c1C(=O)NCc1cccnc1. The van der Waals surface area contributed by atoms with Gasteiger partial charge in [-0.15, -0.1) is 0 Å². The van der Waals surface area contributed by atoms with Gasteiger partial charge in [-0.3, -0.25) is 14.5 Å². The van der Waals surface area contributed by atoms with Crippen LogP contribution in [-0.2, 0) is 13.1 Å². The fourth-order valence-electron chi connectivity index (χ4n) is 2.05. The smallest absolute Gasteiger partial charge is 0.256 e. The van der Waals surface area contributed by atoms with Gasteiger partial charge in [0.25, 0.3) is 5.91 Å². The van der Waals surface area contributed by atoms with Crippen molar-refractivity contribution < 1.29 is 4.79 Å². The molecule has 2 aromatic rings. The summed E-state index contributed by atoms with van der Waals surface area (Å²) in [4.78, 5) is 16.3. The Hall–Kier alpha value is -1.88. The number of nitrogens with zero attached hydrogens (tertiary/aromatic N) is 3. The summed E-state index contributed by atoms with van der Waals surface area (Å²) in [6.07, 6.45) is 3.42. The molecule has 0 aliphatic heterocycles. The summed E-state index contributed by atoms with van der Waals surface area (Å²) in [6, 6.07) is 3.74. The van der Waals surface area contributed by atoms with Gasteiger partial charge in [0.05, 0.1) is 11.3 Å². The third-order valence-electron chi connectivity index (χ3n) is 3.01. The van der Waals surface area contributed by atoms with Crippen LogP contribution >= 0.6 is 11.6 Å². The van der Waals surface area contributed by atoms with Crippen molar-refractivity contribution in [3.8, 4) is 0 Å². The summed E-state index contributed by atoms with van der Waals surface area (Å²) in [6.45, 7) is 7.06. The second-order valence-electron chi connectivity index (χ2n) is 5.37. The van der Waals surface area contributed by atoms with Gasteiger partial charge < -0.3 is 5.32 Å². The normalized spacial score (nSPS) is 10.9. The first-order chi connectivity index (χ1) is 9.99. The van der Waals surface area contributed by atoms with E-state index in [9.17, 15) is 4.79 Å². The van der Waals surface area contributed by atoms with Crippen LogP contribution in [0.4, 0.5) is 0 Å². The zero-order valence-corrected chi connectivity index (χ0v) is 13.2. The number of halogens is 1. The van der Waals surface area contributed by atoms with E-state index in [1.54, 1.807) is 24.0 Å². The minimum absolute atomic E-state index is 0.212. The van der Waals surface area contributed by atoms with Crippen LogP contribution in [0.15, 0.2) is 24.5 Å². The number of hydrogen-bond donors (Lipinski definition) is 1. The number of aryl methyl sites for hydroxylation is 1. The molecular formula is C15H19ClN4O. The van der Waals surface area contributed by atoms with Crippen molar-refractivity contribution in [2.75, 3.05) is 0 Å². The van der Waals surface area contributed by atoms with E-state index in [0.29, 0.717) is 35.4 Å². The van der Waals surface area contributed by atoms with Gasteiger partial charge in [0, 0.05) is 25.5 Å². The second-order valence-corrected chi connectivity index (χ2v) is 5.73. The summed E-state index contributed by atoms with van der Waals surface area (Å²) in [5, 5.41) is 7.58. The van der Waals surface area contributed by atoms with E-state index in [2.05, 4.69) is 29.2 Å². The number of nitrogens with one attached hydrogen (secondary N) is 1. The Labute approximate surface area is 129 Å². The molecule has 0 aromatic carbocycles. The Morgan fingerprint density at radius 1 is 1.48 bits per heavy atom. The van der Waals surface area contributed by atoms with Gasteiger partial charge in [-0.25, -0.2) is 0 Å². The van der Waals surface area contributed by atoms with Crippen LogP contribution in [0.3, 0.4) is 0 Å². The van der Waals surface area contributed by atoms with Crippen molar-refractivity contribution in [3.05, 3.63) is 46.5 Å². The lowest BCUT2D eigenvalue weighted by molar-refractivity contribution is 0.0950. The first kappa shape index (κ1) is 15.5. The molecule has 5 nitrogen and oxygen atoms in total. The lowest BCUT2D eigenvalue weighted by Gasteiger charge is -2.07. The molecule has 1 N–H and O–H groups in total. The Balaban J connectivity index is 2.10. The van der Waals surface area contributed by atoms with Crippen molar-refractivity contribution in [2.24, 2.45) is 5.92 Å². The van der Waals surface area contributed by atoms with Gasteiger partial charge in [-0.2, -0.15) is 5.10 Å². The van der Waals surface area contributed by atoms with Gasteiger partial charge in [0.15, 0.2) is 0 Å². The van der Waals surface area contributed by atoms with Gasteiger partial charge in [-0.05, 0) is 24.5 Å². The molecule has 0 saturated heterocycles. The molecule has 0 aliphatic carbocycles. The van der Waals surface area contributed by atoms with Crippen molar-refractivity contribution >= 4 is 17.5 Å². The molecule has 0 fully saturated rings. The highest BCUT2D eigenvalue weighted by atomic mass is 35.5. The van der Waals surface area contributed by atoms with Gasteiger partial charge in [0.2, 0.25) is 0 Å². The summed E-state index contributed by atoms with van der Waals surface area (Å²) >= 11 is 6.28. The summed E-state index contributed by atoms with van der Waals surface area (Å²) < 4.78 is 1.68. The molecule has 0 aliphatic rings. The topological polar surface area (TPSA) is 59.8 Å². The average Bonchev–Trinajstić information content (AvgIpc) is 2.71. The summed E-state index contributed by atoms with van der Waals surface area (Å²) in [5.74, 6) is 0.199. The van der Waals surface area contributed by atoms with Gasteiger partial charge in [-0.1, -0.05) is 31.5 Å². The van der Waals surface area contributed by atoms with E-state index < -0.39 is 0 Å². The van der Waals surface area contributed by atoms with Crippen LogP contribution in [0.1, 0.15) is 35.5 Å². The van der Waals surface area contributed by atoms with E-state index >= 15 is 0 Å². The number of carbonyl (C=O) groups excluding carboxylic acids is 1. The minimum atomic E-state index is -0.212. The largest absolute Gasteiger partial charge is 0.348 e. The monoisotopic (exact) mass is 306 g/mol. The lowest BCUT2D eigenvalue weighted by atomic mass is 10.2. The molecule has 2 heterocycles. The lowest BCUT2D eigenvalue weighted by Crippen LogP contribution is -2.23. The number of pyridine rings is 1. The van der Waals surface area contributed by atoms with E-state index in [4.69, 9.17) is 11.6 Å². The van der Waals surface area contributed by atoms with Crippen molar-refractivity contribution in [1.29, 1.82) is 0 Å². The Kier molecular flexibility index (Phi) is 4.96. The molecule has 0 atom stereocenters. The maximum Gasteiger partial charge on any atom is 0.256 e. The van der Waals surface area contributed by atoms with Crippen LogP contribution in [0.5, 0.6) is 0 Å². The second kappa shape index (κ2) is 6.72. The van der Waals surface area contributed by atoms with Gasteiger partial charge in [0.1, 0.15) is 5.15 Å². The molecule has 112 valence electrons. The molecule has 21 heavy (non-hydrogen) atoms. The zero-order valence-electron chi connectivity index (χ0n) is 12.4. The van der Waals surface area contributed by atoms with Crippen molar-refractivity contribution in [3.63, 3.8) is 0 Å². The number of amides is 1. The molecule has 0 bridgehead atoms. The van der Waals surface area contributed by atoms with Crippen LogP contribution in [0.25, 0.3) is 0 Å². The number of carbonyl (C=O) groups is 1. The van der Waals surface area contributed by atoms with Crippen LogP contribution in [0, 0.1) is 12.8 Å². The Morgan fingerprint density at radius 2 is 2.24 bits per heavy atom. The molecule has 2 rings (SSSR count). The van der Waals surface area contributed by atoms with E-state index in [1.165, 1.54) is 0 Å². The average molecular weight is 307 g/mol. The number of hydrogen-bond acceptors (Lipinski definition) is 3. The Bertz CT molecular complexity index is 622. The quantitative estimate of drug-likeness (QED) is 0.924. The molecule has 1 amide bonds. The fraction of sp³-hybridized carbons (Fsp3) is 0.400. The third-order valence-corrected chi connectivity index (χ3v) is 3.39. The minimum Gasteiger partial charge on any atom is -0.348 e. The van der Waals surface area contributed by atoms with Crippen LogP contribution in [-0.4, -0.2) is 20.7 Å². The van der Waals surface area contributed by atoms with E-state index in [-0.39, 0.29) is 5.91 Å². The predicted octanol–water partition coefficient (Wildman–Crippen LogP) is 2.83. The predicted molar refractivity (Wildman–Crippen MR) is 82.2 cm³/mol. The highest BCUT2D eigenvalue weighted by molar-refractivity contribution is 6.33. The first-order valence-electron chi connectivity index (χ1n) is 6.89. The molecule has 0 saturated carbocycles. The van der Waals surface area contributed by atoms with Crippen molar-refractivity contribution in [1.82, 2.24) is 20.1 Å². The Morgan fingerprint density at radius 3 is 2.86 bits per heavy atom. The zero-order chi connectivity index (χ0) is 15.4. The van der Waals surface area contributed by atoms with Crippen LogP contribution in [0.2, 0.25) is 5.15 Å². The van der Waals surface area contributed by atoms with Crippen molar-refractivity contribution in [2.45, 2.75) is 33.9 Å². The van der Waals surface area contributed by atoms with Crippen LogP contribution < -0.4 is 5.32 Å². The molecule has 0 unspecified atom stereocenters. The third kappa shape index (κ3) is 3.82. The maximum absolute atomic E-state index is 12.3. The van der Waals surface area contributed by atoms with Gasteiger partial charge >= 0.3 is 0 Å². The molecule has 2 aromatic heterocycles. The summed E-state index contributed by atoms with van der Waals surface area (Å²) in [7, 11) is 0. The fourth-order valence-corrected chi connectivity index (χ4v) is 2.38. The molecular weight excluding hydrogens is 288 g/mol. The molecule has 0 radical (unpaired) electrons. The highest BCUT2D eigenvalue weighted by Gasteiger charge is 2.20. The summed E-state index contributed by atoms with van der Waals surface area (Å²) in [5.41, 5.74) is 2.03. The molecule has 0 spiro atoms. The maximum atomic E-state index is 12.3. The van der Waals surface area contributed by atoms with E-state index in [1.807, 2.05) is 12.1 Å². The standard InChI is InChI=1S/C15H19ClN4O/c1-10(2)9-20-14(16)13(11(3)19-20)15(21)18-8-12-5-4-6-17-7-12/h4-7,10H,8-9H2,1-3H3,(H,18,21). The first-order valence-corrected chi connectivity index (χ1v) is 7.26. The number of aromatic nitrogens is 3. The molecule has 6 heteroatoms. The number of rotatable bonds is 5. The van der Waals surface area contributed by atoms with E-state index in [0.717, 1.165) is 5.56 Å².